The lowest BCUT2D eigenvalue weighted by Gasteiger charge is -2.32. The van der Waals surface area contributed by atoms with Crippen LogP contribution in [0.1, 0.15) is 83.8 Å². The molecule has 1 aliphatic carbocycles. The first-order valence-corrected chi connectivity index (χ1v) is 12.3. The lowest BCUT2D eigenvalue weighted by Crippen LogP contribution is -2.48. The van der Waals surface area contributed by atoms with Gasteiger partial charge in [0.1, 0.15) is 17.6 Å². The van der Waals surface area contributed by atoms with Crippen LogP contribution in [-0.2, 0) is 11.2 Å². The molecule has 2 N–H and O–H groups in total. The number of hydrogen-bond donors (Lipinski definition) is 2. The number of thiocarbonyl (C=S) groups is 1. The zero-order valence-electron chi connectivity index (χ0n) is 20.3. The highest BCUT2D eigenvalue weighted by atomic mass is 32.1. The summed E-state index contributed by atoms with van der Waals surface area (Å²) >= 11 is 5.59. The second-order valence-electron chi connectivity index (χ2n) is 10.1. The van der Waals surface area contributed by atoms with Crippen molar-refractivity contribution in [1.29, 1.82) is 0 Å². The number of aryl methyl sites for hydroxylation is 1. The first-order valence-electron chi connectivity index (χ1n) is 11.9. The Morgan fingerprint density at radius 3 is 2.69 bits per heavy atom. The molecule has 3 atom stereocenters. The number of phenols is 1. The number of rotatable bonds is 9. The number of nitrogens with one attached hydrogen (secondary N) is 1. The number of hydrogen-bond acceptors (Lipinski definition) is 4. The quantitative estimate of drug-likeness (QED) is 0.190. The van der Waals surface area contributed by atoms with Crippen molar-refractivity contribution in [3.63, 3.8) is 0 Å². The van der Waals surface area contributed by atoms with E-state index in [1.165, 1.54) is 5.57 Å². The van der Waals surface area contributed by atoms with Crippen LogP contribution in [0.5, 0.6) is 11.5 Å². The number of benzene rings is 1. The zero-order valence-corrected chi connectivity index (χ0v) is 21.1. The van der Waals surface area contributed by atoms with Crippen LogP contribution in [-0.4, -0.2) is 28.5 Å². The van der Waals surface area contributed by atoms with E-state index in [1.54, 1.807) is 0 Å². The fourth-order valence-electron chi connectivity index (χ4n) is 4.65. The molecule has 32 heavy (non-hydrogen) atoms. The first-order chi connectivity index (χ1) is 15.1. The predicted molar refractivity (Wildman–Crippen MR) is 136 cm³/mol. The van der Waals surface area contributed by atoms with Crippen LogP contribution in [0.3, 0.4) is 0 Å². The normalized spacial score (nSPS) is 22.8. The van der Waals surface area contributed by atoms with Crippen LogP contribution in [0.4, 0.5) is 0 Å². The van der Waals surface area contributed by atoms with Gasteiger partial charge in [0.15, 0.2) is 0 Å². The topological polar surface area (TPSA) is 54.0 Å². The maximum atomic E-state index is 11.2. The van der Waals surface area contributed by atoms with Crippen LogP contribution in [0.25, 0.3) is 0 Å². The highest BCUT2D eigenvalue weighted by Gasteiger charge is 2.40. The van der Waals surface area contributed by atoms with E-state index in [0.717, 1.165) is 61.8 Å². The fraction of sp³-hybridized carbons (Fsp3) is 0.593. The van der Waals surface area contributed by atoms with Crippen molar-refractivity contribution in [3.8, 4) is 11.5 Å². The molecule has 3 rings (SSSR count). The van der Waals surface area contributed by atoms with Gasteiger partial charge in [-0.2, -0.15) is 0 Å². The molecular formula is C27H39NO3S. The molecule has 4 nitrogen and oxygen atoms in total. The second kappa shape index (κ2) is 10.4. The molecule has 1 saturated heterocycles. The van der Waals surface area contributed by atoms with E-state index < -0.39 is 0 Å². The van der Waals surface area contributed by atoms with Crippen molar-refractivity contribution in [2.24, 2.45) is 5.92 Å². The number of aromatic hydroxyl groups is 1. The van der Waals surface area contributed by atoms with Crippen LogP contribution < -0.4 is 10.1 Å². The summed E-state index contributed by atoms with van der Waals surface area (Å²) in [7, 11) is 0. The van der Waals surface area contributed by atoms with Crippen LogP contribution >= 0.6 is 12.2 Å². The molecule has 1 aromatic rings. The number of phenolic OH excluding ortho intramolecular Hbond substituents is 1. The van der Waals surface area contributed by atoms with Crippen molar-refractivity contribution in [3.05, 3.63) is 47.1 Å². The van der Waals surface area contributed by atoms with Crippen molar-refractivity contribution >= 4 is 17.4 Å². The number of unbranched alkanes of at least 4 members (excludes halogenated alkanes) is 2. The average Bonchev–Trinajstić information content (AvgIpc) is 3.53. The van der Waals surface area contributed by atoms with Gasteiger partial charge in [0.25, 0.3) is 5.17 Å². The summed E-state index contributed by atoms with van der Waals surface area (Å²) < 4.78 is 11.7. The molecule has 0 radical (unpaired) electrons. The highest BCUT2D eigenvalue weighted by Crippen LogP contribution is 2.47. The lowest BCUT2D eigenvalue weighted by molar-refractivity contribution is 0.290. The Morgan fingerprint density at radius 2 is 2.06 bits per heavy atom. The van der Waals surface area contributed by atoms with E-state index >= 15 is 0 Å². The van der Waals surface area contributed by atoms with Gasteiger partial charge in [0.2, 0.25) is 0 Å². The van der Waals surface area contributed by atoms with Gasteiger partial charge in [-0.15, -0.1) is 0 Å². The number of allylic oxidation sites excluding steroid dienone is 3. The Labute approximate surface area is 199 Å². The minimum atomic E-state index is -0.306. The Kier molecular flexibility index (Phi) is 8.05. The summed E-state index contributed by atoms with van der Waals surface area (Å²) in [5.41, 5.74) is 4.03. The smallest absolute Gasteiger partial charge is 0.262 e. The molecule has 1 unspecified atom stereocenters. The summed E-state index contributed by atoms with van der Waals surface area (Å²) in [4.78, 5) is 0. The maximum absolute atomic E-state index is 11.2. The third-order valence-electron chi connectivity index (χ3n) is 6.73. The molecule has 2 aliphatic rings. The second-order valence-corrected chi connectivity index (χ2v) is 10.4. The van der Waals surface area contributed by atoms with Crippen LogP contribution in [0.2, 0.25) is 0 Å². The monoisotopic (exact) mass is 457 g/mol. The van der Waals surface area contributed by atoms with Gasteiger partial charge >= 0.3 is 0 Å². The predicted octanol–water partition coefficient (Wildman–Crippen LogP) is 6.57. The molecule has 0 bridgehead atoms. The Balaban J connectivity index is 1.96. The molecule has 0 saturated carbocycles. The zero-order chi connectivity index (χ0) is 23.5. The van der Waals surface area contributed by atoms with Crippen LogP contribution in [0.15, 0.2) is 35.9 Å². The van der Waals surface area contributed by atoms with Crippen molar-refractivity contribution in [1.82, 2.24) is 5.32 Å². The van der Waals surface area contributed by atoms with Crippen LogP contribution in [0, 0.1) is 5.92 Å². The van der Waals surface area contributed by atoms with E-state index in [9.17, 15) is 5.11 Å². The number of ether oxygens (including phenoxy) is 2. The molecule has 0 spiro atoms. The standard InChI is InChI=1S/C27H39NO3S/c1-7-8-9-10-19-14-22(29)25(21-13-18(4)11-12-20(21)17(2)3)23(15-19)31-26(32)28-27(5,6)24-16-30-24/h13-15,20-21,24,29H,2,7-12,16H2,1,3-6H3,(H,28,32)/t20-,21+,24?/m0/s1. The van der Waals surface area contributed by atoms with Gasteiger partial charge in [0, 0.05) is 11.5 Å². The van der Waals surface area contributed by atoms with E-state index in [2.05, 4.69) is 58.7 Å². The van der Waals surface area contributed by atoms with E-state index in [0.29, 0.717) is 10.9 Å². The Bertz CT molecular complexity index is 885. The molecule has 1 heterocycles. The van der Waals surface area contributed by atoms with Gasteiger partial charge in [-0.3, -0.25) is 0 Å². The Hall–Kier alpha value is -1.85. The summed E-state index contributed by atoms with van der Waals surface area (Å²) in [6, 6.07) is 3.97. The van der Waals surface area contributed by atoms with Gasteiger partial charge in [-0.05, 0) is 89.2 Å². The molecule has 1 fully saturated rings. The molecular weight excluding hydrogens is 418 g/mol. The minimum absolute atomic E-state index is 0.0171. The van der Waals surface area contributed by atoms with Crippen molar-refractivity contribution < 1.29 is 14.6 Å². The van der Waals surface area contributed by atoms with Crippen molar-refractivity contribution in [2.45, 2.75) is 90.7 Å². The molecule has 1 aromatic carbocycles. The van der Waals surface area contributed by atoms with E-state index in [4.69, 9.17) is 21.7 Å². The highest BCUT2D eigenvalue weighted by molar-refractivity contribution is 7.80. The van der Waals surface area contributed by atoms with Gasteiger partial charge in [-0.25, -0.2) is 0 Å². The van der Waals surface area contributed by atoms with Crippen molar-refractivity contribution in [2.75, 3.05) is 6.61 Å². The molecule has 5 heteroatoms. The fourth-order valence-corrected chi connectivity index (χ4v) is 5.00. The molecule has 176 valence electrons. The lowest BCUT2D eigenvalue weighted by atomic mass is 9.73. The summed E-state index contributed by atoms with van der Waals surface area (Å²) in [6.45, 7) is 15.5. The summed E-state index contributed by atoms with van der Waals surface area (Å²) in [6.07, 6.45) is 8.78. The largest absolute Gasteiger partial charge is 0.507 e. The number of epoxide rings is 1. The van der Waals surface area contributed by atoms with Gasteiger partial charge < -0.3 is 19.9 Å². The van der Waals surface area contributed by atoms with Gasteiger partial charge in [-0.1, -0.05) is 43.6 Å². The SMILES string of the molecule is C=C(C)[C@@H]1CCC(C)=C[C@H]1c1c(O)cc(CCCCC)cc1OC(=S)NC(C)(C)C1CO1. The average molecular weight is 458 g/mol. The summed E-state index contributed by atoms with van der Waals surface area (Å²) in [5, 5.41) is 14.8. The first kappa shape index (κ1) is 24.8. The third kappa shape index (κ3) is 6.14. The molecule has 0 amide bonds. The Morgan fingerprint density at radius 1 is 1.34 bits per heavy atom. The molecule has 1 aliphatic heterocycles. The third-order valence-corrected chi connectivity index (χ3v) is 6.91. The summed E-state index contributed by atoms with van der Waals surface area (Å²) in [5.74, 6) is 1.20. The van der Waals surface area contributed by atoms with Gasteiger partial charge in [0.05, 0.1) is 12.1 Å². The van der Waals surface area contributed by atoms with E-state index in [-0.39, 0.29) is 29.2 Å². The minimum Gasteiger partial charge on any atom is -0.507 e. The molecule has 0 aromatic heterocycles. The maximum Gasteiger partial charge on any atom is 0.262 e. The van der Waals surface area contributed by atoms with E-state index in [1.807, 2.05) is 6.07 Å².